The van der Waals surface area contributed by atoms with Gasteiger partial charge in [0.15, 0.2) is 0 Å². The minimum atomic E-state index is -0.166. The van der Waals surface area contributed by atoms with Crippen molar-refractivity contribution < 1.29 is 9.59 Å². The molecular weight excluding hydrogens is 340 g/mol. The van der Waals surface area contributed by atoms with E-state index in [1.807, 2.05) is 53.8 Å². The van der Waals surface area contributed by atoms with Crippen LogP contribution in [0.5, 0.6) is 0 Å². The van der Waals surface area contributed by atoms with Crippen LogP contribution in [0, 0.1) is 0 Å². The Morgan fingerprint density at radius 1 is 1.24 bits per heavy atom. The molecule has 1 aromatic heterocycles. The third kappa shape index (κ3) is 5.47. The van der Waals surface area contributed by atoms with Gasteiger partial charge in [0, 0.05) is 48.3 Å². The molecule has 0 bridgehead atoms. The van der Waals surface area contributed by atoms with Crippen molar-refractivity contribution in [2.24, 2.45) is 5.73 Å². The molecule has 0 aliphatic heterocycles. The second kappa shape index (κ2) is 9.44. The molecule has 1 heterocycles. The molecular formula is C18H27ClN4O2. The number of anilines is 1. The highest BCUT2D eigenvalue weighted by molar-refractivity contribution is 5.94. The minimum absolute atomic E-state index is 0. The summed E-state index contributed by atoms with van der Waals surface area (Å²) in [6, 6.07) is 7.46. The lowest BCUT2D eigenvalue weighted by atomic mass is 10.2. The van der Waals surface area contributed by atoms with Gasteiger partial charge < -0.3 is 20.5 Å². The van der Waals surface area contributed by atoms with Crippen LogP contribution in [0.1, 0.15) is 27.2 Å². The predicted molar refractivity (Wildman–Crippen MR) is 104 cm³/mol. The number of nitrogens with zero attached hydrogens (tertiary/aromatic N) is 2. The van der Waals surface area contributed by atoms with Crippen LogP contribution in [-0.2, 0) is 16.1 Å². The minimum Gasteiger partial charge on any atom is -0.342 e. The molecule has 1 atom stereocenters. The number of fused-ring (bicyclic) bond motifs is 1. The molecule has 0 aliphatic rings. The summed E-state index contributed by atoms with van der Waals surface area (Å²) in [5, 5.41) is 3.84. The van der Waals surface area contributed by atoms with Crippen LogP contribution in [0.3, 0.4) is 0 Å². The molecule has 25 heavy (non-hydrogen) atoms. The number of benzene rings is 1. The Hall–Kier alpha value is -2.05. The number of likely N-dealkylation sites (N-methyl/N-ethyl adjacent to an activating group) is 1. The third-order valence-electron chi connectivity index (χ3n) is 3.98. The summed E-state index contributed by atoms with van der Waals surface area (Å²) >= 11 is 0. The standard InChI is InChI=1S/C18H26N4O2.ClH/c1-4-21(5-2)18(24)12-22-9-8-14-11-15(6-7-16(14)22)20-17(23)10-13(3)19;/h6-9,11,13H,4-5,10,12,19H2,1-3H3,(H,20,23);1H. The average Bonchev–Trinajstić information content (AvgIpc) is 2.90. The van der Waals surface area contributed by atoms with Crippen LogP contribution in [0.2, 0.25) is 0 Å². The Morgan fingerprint density at radius 3 is 2.52 bits per heavy atom. The van der Waals surface area contributed by atoms with E-state index in [1.165, 1.54) is 0 Å². The number of amides is 2. The van der Waals surface area contributed by atoms with Crippen molar-refractivity contribution in [3.8, 4) is 0 Å². The maximum atomic E-state index is 12.3. The maximum absolute atomic E-state index is 12.3. The van der Waals surface area contributed by atoms with E-state index in [0.717, 1.165) is 16.6 Å². The zero-order chi connectivity index (χ0) is 17.7. The van der Waals surface area contributed by atoms with E-state index >= 15 is 0 Å². The van der Waals surface area contributed by atoms with E-state index in [1.54, 1.807) is 6.92 Å². The maximum Gasteiger partial charge on any atom is 0.242 e. The van der Waals surface area contributed by atoms with Gasteiger partial charge in [-0.2, -0.15) is 0 Å². The van der Waals surface area contributed by atoms with Crippen LogP contribution >= 0.6 is 12.4 Å². The molecule has 6 nitrogen and oxygen atoms in total. The van der Waals surface area contributed by atoms with Crippen LogP contribution < -0.4 is 11.1 Å². The number of aromatic nitrogens is 1. The molecule has 2 aromatic rings. The first kappa shape index (κ1) is 21.0. The van der Waals surface area contributed by atoms with E-state index in [-0.39, 0.29) is 36.7 Å². The molecule has 3 N–H and O–H groups in total. The molecule has 1 unspecified atom stereocenters. The summed E-state index contributed by atoms with van der Waals surface area (Å²) in [6.45, 7) is 7.50. The van der Waals surface area contributed by atoms with Gasteiger partial charge in [-0.3, -0.25) is 9.59 Å². The van der Waals surface area contributed by atoms with Crippen LogP contribution in [0.4, 0.5) is 5.69 Å². The van der Waals surface area contributed by atoms with Gasteiger partial charge in [-0.1, -0.05) is 0 Å². The van der Waals surface area contributed by atoms with Crippen LogP contribution in [-0.4, -0.2) is 40.4 Å². The number of carbonyl (C=O) groups is 2. The zero-order valence-electron chi connectivity index (χ0n) is 15.0. The van der Waals surface area contributed by atoms with Gasteiger partial charge in [-0.05, 0) is 45.0 Å². The van der Waals surface area contributed by atoms with E-state index in [0.29, 0.717) is 19.6 Å². The fraction of sp³-hybridized carbons (Fsp3) is 0.444. The molecule has 0 radical (unpaired) electrons. The molecule has 0 saturated heterocycles. The van der Waals surface area contributed by atoms with E-state index in [9.17, 15) is 9.59 Å². The average molecular weight is 367 g/mol. The summed E-state index contributed by atoms with van der Waals surface area (Å²) < 4.78 is 1.93. The summed E-state index contributed by atoms with van der Waals surface area (Å²) in [6.07, 6.45) is 2.19. The molecule has 0 spiro atoms. The van der Waals surface area contributed by atoms with E-state index < -0.39 is 0 Å². The molecule has 0 aliphatic carbocycles. The predicted octanol–water partition coefficient (Wildman–Crippen LogP) is 2.61. The largest absolute Gasteiger partial charge is 0.342 e. The number of hydrogen-bond donors (Lipinski definition) is 2. The number of hydrogen-bond acceptors (Lipinski definition) is 3. The van der Waals surface area contributed by atoms with Crippen molar-refractivity contribution in [2.45, 2.75) is 39.8 Å². The smallest absolute Gasteiger partial charge is 0.242 e. The van der Waals surface area contributed by atoms with Gasteiger partial charge in [-0.25, -0.2) is 0 Å². The lowest BCUT2D eigenvalue weighted by Gasteiger charge is -2.19. The van der Waals surface area contributed by atoms with Crippen molar-refractivity contribution in [3.05, 3.63) is 30.5 Å². The molecule has 7 heteroatoms. The molecule has 138 valence electrons. The third-order valence-corrected chi connectivity index (χ3v) is 3.98. The second-order valence-corrected chi connectivity index (χ2v) is 6.01. The van der Waals surface area contributed by atoms with Crippen molar-refractivity contribution >= 4 is 40.8 Å². The highest BCUT2D eigenvalue weighted by atomic mass is 35.5. The van der Waals surface area contributed by atoms with Gasteiger partial charge in [0.2, 0.25) is 11.8 Å². The molecule has 2 rings (SSSR count). The Bertz CT molecular complexity index is 723. The second-order valence-electron chi connectivity index (χ2n) is 6.01. The Labute approximate surface area is 154 Å². The van der Waals surface area contributed by atoms with Crippen molar-refractivity contribution in [1.29, 1.82) is 0 Å². The number of halogens is 1. The van der Waals surface area contributed by atoms with Gasteiger partial charge in [0.1, 0.15) is 6.54 Å². The van der Waals surface area contributed by atoms with E-state index in [2.05, 4.69) is 5.32 Å². The highest BCUT2D eigenvalue weighted by Gasteiger charge is 2.12. The monoisotopic (exact) mass is 366 g/mol. The summed E-state index contributed by atoms with van der Waals surface area (Å²) in [5.41, 5.74) is 7.34. The number of nitrogens with one attached hydrogen (secondary N) is 1. The normalized spacial score (nSPS) is 11.7. The molecule has 0 saturated carbocycles. The van der Waals surface area contributed by atoms with Crippen molar-refractivity contribution in [3.63, 3.8) is 0 Å². The first-order valence-corrected chi connectivity index (χ1v) is 8.36. The van der Waals surface area contributed by atoms with Gasteiger partial charge in [0.25, 0.3) is 0 Å². The Kier molecular flexibility index (Phi) is 7.93. The lowest BCUT2D eigenvalue weighted by molar-refractivity contribution is -0.131. The topological polar surface area (TPSA) is 80.4 Å². The van der Waals surface area contributed by atoms with Gasteiger partial charge in [-0.15, -0.1) is 12.4 Å². The summed E-state index contributed by atoms with van der Waals surface area (Å²) in [4.78, 5) is 25.9. The SMILES string of the molecule is CCN(CC)C(=O)Cn1ccc2cc(NC(=O)CC(C)N)ccc21.Cl. The molecule has 2 amide bonds. The summed E-state index contributed by atoms with van der Waals surface area (Å²) in [7, 11) is 0. The first-order chi connectivity index (χ1) is 11.4. The zero-order valence-corrected chi connectivity index (χ0v) is 15.8. The Morgan fingerprint density at radius 2 is 1.92 bits per heavy atom. The highest BCUT2D eigenvalue weighted by Crippen LogP contribution is 2.21. The number of nitrogens with two attached hydrogens (primary N) is 1. The van der Waals surface area contributed by atoms with E-state index in [4.69, 9.17) is 5.73 Å². The van der Waals surface area contributed by atoms with Crippen molar-refractivity contribution in [2.75, 3.05) is 18.4 Å². The lowest BCUT2D eigenvalue weighted by Crippen LogP contribution is -2.33. The van der Waals surface area contributed by atoms with Gasteiger partial charge in [0.05, 0.1) is 0 Å². The fourth-order valence-corrected chi connectivity index (χ4v) is 2.74. The van der Waals surface area contributed by atoms with Crippen molar-refractivity contribution in [1.82, 2.24) is 9.47 Å². The Balaban J connectivity index is 0.00000312. The van der Waals surface area contributed by atoms with Crippen LogP contribution in [0.25, 0.3) is 10.9 Å². The number of carbonyl (C=O) groups excluding carboxylic acids is 2. The molecule has 1 aromatic carbocycles. The first-order valence-electron chi connectivity index (χ1n) is 8.36. The molecule has 0 fully saturated rings. The van der Waals surface area contributed by atoms with Gasteiger partial charge >= 0.3 is 0 Å². The number of rotatable bonds is 7. The van der Waals surface area contributed by atoms with Crippen LogP contribution in [0.15, 0.2) is 30.5 Å². The fourth-order valence-electron chi connectivity index (χ4n) is 2.74. The summed E-state index contributed by atoms with van der Waals surface area (Å²) in [5.74, 6) is 0.00677. The quantitative estimate of drug-likeness (QED) is 0.790.